The topological polar surface area (TPSA) is 29.5 Å². The maximum atomic E-state index is 11.2. The number of aldehydes is 1. The Kier molecular flexibility index (Phi) is 5.23. The Labute approximate surface area is 113 Å². The van der Waals surface area contributed by atoms with Crippen LogP contribution in [0.25, 0.3) is 0 Å². The second kappa shape index (κ2) is 6.92. The number of nitrogens with zero attached hydrogens (tertiary/aromatic N) is 1. The number of carbonyl (C=O) groups is 1. The molecule has 0 aromatic heterocycles. The molecule has 1 fully saturated rings. The van der Waals surface area contributed by atoms with Crippen LogP contribution in [0.2, 0.25) is 0 Å². The van der Waals surface area contributed by atoms with Gasteiger partial charge in [-0.2, -0.15) is 0 Å². The molecule has 3 nitrogen and oxygen atoms in total. The van der Waals surface area contributed by atoms with Crippen LogP contribution in [0.4, 0.5) is 0 Å². The van der Waals surface area contributed by atoms with E-state index >= 15 is 0 Å². The molecule has 1 aromatic rings. The number of hydrogen-bond acceptors (Lipinski definition) is 4. The van der Waals surface area contributed by atoms with Gasteiger partial charge >= 0.3 is 0 Å². The molecule has 1 atom stereocenters. The van der Waals surface area contributed by atoms with Crippen molar-refractivity contribution in [1.82, 2.24) is 4.90 Å². The highest BCUT2D eigenvalue weighted by atomic mass is 32.2. The highest BCUT2D eigenvalue weighted by molar-refractivity contribution is 7.98. The van der Waals surface area contributed by atoms with Crippen molar-refractivity contribution in [1.29, 1.82) is 0 Å². The second-order valence-electron chi connectivity index (χ2n) is 4.40. The third-order valence-electron chi connectivity index (χ3n) is 3.28. The van der Waals surface area contributed by atoms with Crippen LogP contribution in [0.15, 0.2) is 29.2 Å². The molecule has 0 N–H and O–H groups in total. The lowest BCUT2D eigenvalue weighted by atomic mass is 10.1. The number of thioether (sulfide) groups is 1. The van der Waals surface area contributed by atoms with Crippen LogP contribution in [-0.4, -0.2) is 49.8 Å². The summed E-state index contributed by atoms with van der Waals surface area (Å²) in [6.45, 7) is 3.17. The lowest BCUT2D eigenvalue weighted by Crippen LogP contribution is -2.45. The Morgan fingerprint density at radius 1 is 1.33 bits per heavy atom. The van der Waals surface area contributed by atoms with E-state index in [9.17, 15) is 4.79 Å². The minimum Gasteiger partial charge on any atom is -0.379 e. The monoisotopic (exact) mass is 265 g/mol. The smallest absolute Gasteiger partial charge is 0.137 e. The predicted octanol–water partition coefficient (Wildman–Crippen LogP) is 1.85. The summed E-state index contributed by atoms with van der Waals surface area (Å²) >= 11 is 1.73. The number of rotatable bonds is 5. The Hall–Kier alpha value is -0.840. The van der Waals surface area contributed by atoms with E-state index in [4.69, 9.17) is 4.74 Å². The quantitative estimate of drug-likeness (QED) is 0.600. The number of carbonyl (C=O) groups excluding carboxylic acids is 1. The van der Waals surface area contributed by atoms with Gasteiger partial charge in [-0.3, -0.25) is 4.90 Å². The molecule has 0 amide bonds. The van der Waals surface area contributed by atoms with Gasteiger partial charge in [0.05, 0.1) is 19.3 Å². The normalized spacial score (nSPS) is 18.5. The van der Waals surface area contributed by atoms with Crippen LogP contribution < -0.4 is 0 Å². The molecule has 1 aromatic carbocycles. The molecule has 0 radical (unpaired) electrons. The molecule has 0 spiro atoms. The highest BCUT2D eigenvalue weighted by Crippen LogP contribution is 2.16. The standard InChI is InChI=1S/C14H19NO2S/c1-18-14-4-2-12(3-5-14)10-13(11-16)15-6-8-17-9-7-15/h2-5,11,13H,6-10H2,1H3/t13-/m0/s1. The first kappa shape index (κ1) is 13.6. The van der Waals surface area contributed by atoms with Gasteiger partial charge in [-0.05, 0) is 30.4 Å². The Bertz CT molecular complexity index is 374. The molecule has 18 heavy (non-hydrogen) atoms. The van der Waals surface area contributed by atoms with Crippen molar-refractivity contribution < 1.29 is 9.53 Å². The van der Waals surface area contributed by atoms with Crippen molar-refractivity contribution in [2.45, 2.75) is 17.4 Å². The Balaban J connectivity index is 1.97. The molecule has 0 aliphatic carbocycles. The average molecular weight is 265 g/mol. The van der Waals surface area contributed by atoms with E-state index in [1.165, 1.54) is 10.5 Å². The van der Waals surface area contributed by atoms with Crippen molar-refractivity contribution >= 4 is 18.0 Å². The summed E-state index contributed by atoms with van der Waals surface area (Å²) in [5.41, 5.74) is 1.22. The van der Waals surface area contributed by atoms with Crippen molar-refractivity contribution in [2.75, 3.05) is 32.6 Å². The Morgan fingerprint density at radius 2 is 2.00 bits per heavy atom. The SMILES string of the molecule is CSc1ccc(C[C@@H](C=O)N2CCOCC2)cc1. The summed E-state index contributed by atoms with van der Waals surface area (Å²) in [7, 11) is 0. The molecule has 1 saturated heterocycles. The lowest BCUT2D eigenvalue weighted by molar-refractivity contribution is -0.114. The van der Waals surface area contributed by atoms with Gasteiger partial charge < -0.3 is 9.53 Å². The zero-order valence-corrected chi connectivity index (χ0v) is 11.5. The first-order chi connectivity index (χ1) is 8.83. The molecule has 0 bridgehead atoms. The highest BCUT2D eigenvalue weighted by Gasteiger charge is 2.20. The fourth-order valence-corrected chi connectivity index (χ4v) is 2.58. The van der Waals surface area contributed by atoms with E-state index in [0.29, 0.717) is 0 Å². The minimum atomic E-state index is -0.0194. The van der Waals surface area contributed by atoms with Crippen molar-refractivity contribution in [3.63, 3.8) is 0 Å². The summed E-state index contributed by atoms with van der Waals surface area (Å²) in [6.07, 6.45) is 3.92. The van der Waals surface area contributed by atoms with Gasteiger partial charge in [0.2, 0.25) is 0 Å². The van der Waals surface area contributed by atoms with Crippen molar-refractivity contribution in [2.24, 2.45) is 0 Å². The van der Waals surface area contributed by atoms with Crippen LogP contribution in [0.3, 0.4) is 0 Å². The first-order valence-electron chi connectivity index (χ1n) is 6.23. The van der Waals surface area contributed by atoms with Crippen molar-refractivity contribution in [3.8, 4) is 0 Å². The summed E-state index contributed by atoms with van der Waals surface area (Å²) in [4.78, 5) is 14.7. The largest absolute Gasteiger partial charge is 0.379 e. The van der Waals surface area contributed by atoms with Gasteiger partial charge in [0.25, 0.3) is 0 Å². The maximum absolute atomic E-state index is 11.2. The third-order valence-corrected chi connectivity index (χ3v) is 4.02. The molecule has 2 rings (SSSR count). The van der Waals surface area contributed by atoms with Gasteiger partial charge in [-0.25, -0.2) is 0 Å². The van der Waals surface area contributed by atoms with E-state index in [0.717, 1.165) is 39.0 Å². The molecule has 0 unspecified atom stereocenters. The fourth-order valence-electron chi connectivity index (χ4n) is 2.18. The number of morpholine rings is 1. The molecule has 4 heteroatoms. The molecule has 1 heterocycles. The van der Waals surface area contributed by atoms with Crippen LogP contribution in [0, 0.1) is 0 Å². The van der Waals surface area contributed by atoms with E-state index in [1.54, 1.807) is 11.8 Å². The van der Waals surface area contributed by atoms with E-state index in [1.807, 2.05) is 0 Å². The Morgan fingerprint density at radius 3 is 2.56 bits per heavy atom. The van der Waals surface area contributed by atoms with Gasteiger partial charge in [-0.1, -0.05) is 12.1 Å². The van der Waals surface area contributed by atoms with Gasteiger partial charge in [0, 0.05) is 18.0 Å². The maximum Gasteiger partial charge on any atom is 0.137 e. The van der Waals surface area contributed by atoms with Crippen molar-refractivity contribution in [3.05, 3.63) is 29.8 Å². The summed E-state index contributed by atoms with van der Waals surface area (Å²) in [6, 6.07) is 8.43. The van der Waals surface area contributed by atoms with E-state index < -0.39 is 0 Å². The fraction of sp³-hybridized carbons (Fsp3) is 0.500. The molecule has 98 valence electrons. The van der Waals surface area contributed by atoms with Gasteiger partial charge in [0.1, 0.15) is 6.29 Å². The number of hydrogen-bond donors (Lipinski definition) is 0. The second-order valence-corrected chi connectivity index (χ2v) is 5.28. The van der Waals surface area contributed by atoms with Gasteiger partial charge in [-0.15, -0.1) is 11.8 Å². The van der Waals surface area contributed by atoms with Crippen LogP contribution in [0.1, 0.15) is 5.56 Å². The zero-order valence-electron chi connectivity index (χ0n) is 10.7. The summed E-state index contributed by atoms with van der Waals surface area (Å²) < 4.78 is 5.31. The predicted molar refractivity (Wildman–Crippen MR) is 74.2 cm³/mol. The zero-order chi connectivity index (χ0) is 12.8. The minimum absolute atomic E-state index is 0.0194. The third kappa shape index (κ3) is 3.57. The van der Waals surface area contributed by atoms with Gasteiger partial charge in [0.15, 0.2) is 0 Å². The average Bonchev–Trinajstić information content (AvgIpc) is 2.46. The molecular formula is C14H19NO2S. The van der Waals surface area contributed by atoms with Crippen LogP contribution in [-0.2, 0) is 16.0 Å². The van der Waals surface area contributed by atoms with Crippen LogP contribution in [0.5, 0.6) is 0 Å². The summed E-state index contributed by atoms with van der Waals surface area (Å²) in [5, 5.41) is 0. The first-order valence-corrected chi connectivity index (χ1v) is 7.46. The van der Waals surface area contributed by atoms with Crippen LogP contribution >= 0.6 is 11.8 Å². The number of benzene rings is 1. The lowest BCUT2D eigenvalue weighted by Gasteiger charge is -2.31. The number of ether oxygens (including phenoxy) is 1. The molecule has 0 saturated carbocycles. The molecule has 1 aliphatic heterocycles. The molecule has 1 aliphatic rings. The molecular weight excluding hydrogens is 246 g/mol. The van der Waals surface area contributed by atoms with E-state index in [-0.39, 0.29) is 6.04 Å². The van der Waals surface area contributed by atoms with E-state index in [2.05, 4.69) is 35.4 Å². The summed E-state index contributed by atoms with van der Waals surface area (Å²) in [5.74, 6) is 0.